The van der Waals surface area contributed by atoms with Crippen LogP contribution in [0.15, 0.2) is 0 Å². The van der Waals surface area contributed by atoms with Crippen LogP contribution >= 0.6 is 12.4 Å². The predicted octanol–water partition coefficient (Wildman–Crippen LogP) is -0.256. The fourth-order valence-electron chi connectivity index (χ4n) is 0. The van der Waals surface area contributed by atoms with E-state index in [2.05, 4.69) is 0 Å². The van der Waals surface area contributed by atoms with Gasteiger partial charge < -0.3 is 0 Å². The predicted molar refractivity (Wildman–Crippen MR) is 10.2 cm³/mol. The van der Waals surface area contributed by atoms with Gasteiger partial charge >= 0.3 is 24.9 Å². The van der Waals surface area contributed by atoms with Crippen molar-refractivity contribution in [3.8, 4) is 0 Å². The van der Waals surface area contributed by atoms with Crippen LogP contribution in [-0.2, 0) is 21.0 Å². The third-order valence-corrected chi connectivity index (χ3v) is 0. The number of hydrogen-bond donors (Lipinski definition) is 1. The molecular weight excluding hydrogens is 170 g/mol. The molecule has 0 aliphatic carbocycles. The van der Waals surface area contributed by atoms with Gasteiger partial charge in [0.1, 0.15) is 0 Å². The molecule has 0 aliphatic rings. The summed E-state index contributed by atoms with van der Waals surface area (Å²) in [5.41, 5.74) is 0. The molecule has 0 aliphatic heterocycles. The molecule has 0 heterocycles. The average molecular weight is 172 g/mol. The normalized spacial score (nSPS) is 5.25. The minimum atomic E-state index is -1.42. The molecule has 0 saturated heterocycles. The standard InChI is InChI=1S/ClH.H2O.O.Rh/h1H;1H2;;/q;;;+1/p-1. The molecule has 0 rings (SSSR count). The summed E-state index contributed by atoms with van der Waals surface area (Å²) in [7, 11) is 0. The maximum atomic E-state index is 8.56. The quantitative estimate of drug-likeness (QED) is 0.511. The molecule has 0 saturated carbocycles. The first-order valence-electron chi connectivity index (χ1n) is 0.285. The van der Waals surface area contributed by atoms with Crippen molar-refractivity contribution in [1.82, 2.24) is 0 Å². The van der Waals surface area contributed by atoms with E-state index in [-0.39, 0.29) is 12.4 Å². The molecular formula is H2ClO2Rh. The van der Waals surface area contributed by atoms with Crippen molar-refractivity contribution in [2.24, 2.45) is 0 Å². The Morgan fingerprint density at radius 3 is 1.75 bits per heavy atom. The molecule has 0 aromatic carbocycles. The summed E-state index contributed by atoms with van der Waals surface area (Å²) in [6, 6.07) is 0. The topological polar surface area (TPSA) is 37.3 Å². The molecule has 30 valence electrons. The fourth-order valence-corrected chi connectivity index (χ4v) is 0. The summed E-state index contributed by atoms with van der Waals surface area (Å²) in [6.45, 7) is 0. The van der Waals surface area contributed by atoms with Crippen molar-refractivity contribution in [2.45, 2.75) is 0 Å². The number of halogens is 1. The van der Waals surface area contributed by atoms with Gasteiger partial charge in [-0.3, -0.25) is 0 Å². The second-order valence-electron chi connectivity index (χ2n) is 0.0609. The molecule has 4 heavy (non-hydrogen) atoms. The van der Waals surface area contributed by atoms with E-state index in [0.29, 0.717) is 0 Å². The first-order valence-corrected chi connectivity index (χ1v) is 1.69. The van der Waals surface area contributed by atoms with Crippen LogP contribution in [-0.4, -0.2) is 3.93 Å². The Bertz CT molecular complexity index is 13.5. The third-order valence-electron chi connectivity index (χ3n) is 0. The van der Waals surface area contributed by atoms with Crippen molar-refractivity contribution in [1.29, 1.82) is 0 Å². The molecule has 0 bridgehead atoms. The van der Waals surface area contributed by atoms with E-state index in [0.717, 1.165) is 0 Å². The summed E-state index contributed by atoms with van der Waals surface area (Å²) in [4.78, 5) is 0. The number of rotatable bonds is 0. The zero-order valence-corrected chi connectivity index (χ0v) is 4.05. The van der Waals surface area contributed by atoms with E-state index < -0.39 is 17.4 Å². The second kappa shape index (κ2) is 9.38. The van der Waals surface area contributed by atoms with Crippen LogP contribution in [0.5, 0.6) is 0 Å². The van der Waals surface area contributed by atoms with Crippen LogP contribution in [0.3, 0.4) is 0 Å². The molecule has 0 amide bonds. The fraction of sp³-hybridized carbons (Fsp3) is 0. The van der Waals surface area contributed by atoms with Gasteiger partial charge in [0.15, 0.2) is 0 Å². The van der Waals surface area contributed by atoms with Crippen molar-refractivity contribution < 1.29 is 24.9 Å². The molecule has 2 nitrogen and oxygen atoms in total. The zero-order chi connectivity index (χ0) is 2.71. The minimum absolute atomic E-state index is 0. The van der Waals surface area contributed by atoms with Gasteiger partial charge in [-0.25, -0.2) is 0 Å². The summed E-state index contributed by atoms with van der Waals surface area (Å²) < 4.78 is 15.6. The Balaban J connectivity index is 0. The molecule has 0 aromatic rings. The summed E-state index contributed by atoms with van der Waals surface area (Å²) >= 11 is -1.42. The monoisotopic (exact) mass is 172 g/mol. The van der Waals surface area contributed by atoms with Gasteiger partial charge in [0.05, 0.1) is 0 Å². The van der Waals surface area contributed by atoms with Gasteiger partial charge in [0.25, 0.3) is 0 Å². The van der Waals surface area contributed by atoms with E-state index in [1.807, 2.05) is 0 Å². The molecule has 1 N–H and O–H groups in total. The van der Waals surface area contributed by atoms with Crippen molar-refractivity contribution in [3.05, 3.63) is 0 Å². The Kier molecular flexibility index (Phi) is 20.7. The van der Waals surface area contributed by atoms with Crippen LogP contribution in [0.1, 0.15) is 0 Å². The van der Waals surface area contributed by atoms with Crippen molar-refractivity contribution in [3.63, 3.8) is 0 Å². The van der Waals surface area contributed by atoms with E-state index >= 15 is 0 Å². The van der Waals surface area contributed by atoms with Gasteiger partial charge in [-0.15, -0.1) is 12.4 Å². The molecule has 0 unspecified atom stereocenters. The molecule has 0 radical (unpaired) electrons. The maximum absolute atomic E-state index is 8.56. The van der Waals surface area contributed by atoms with E-state index in [9.17, 15) is 0 Å². The third kappa shape index (κ3) is 16.5. The van der Waals surface area contributed by atoms with Crippen LogP contribution in [0.2, 0.25) is 0 Å². The van der Waals surface area contributed by atoms with E-state index in [1.165, 1.54) is 0 Å². The molecule has 4 heteroatoms. The second-order valence-corrected chi connectivity index (χ2v) is 0.360. The summed E-state index contributed by atoms with van der Waals surface area (Å²) in [6.07, 6.45) is 0. The van der Waals surface area contributed by atoms with Gasteiger partial charge in [-0.2, -0.15) is 0 Å². The Hall–Kier alpha value is 0.673. The Morgan fingerprint density at radius 1 is 1.75 bits per heavy atom. The first-order chi connectivity index (χ1) is 1.41. The molecule has 0 fully saturated rings. The van der Waals surface area contributed by atoms with Crippen molar-refractivity contribution in [2.75, 3.05) is 0 Å². The van der Waals surface area contributed by atoms with Gasteiger partial charge in [-0.1, -0.05) is 0 Å². The Morgan fingerprint density at radius 2 is 1.75 bits per heavy atom. The molecule has 0 spiro atoms. The summed E-state index contributed by atoms with van der Waals surface area (Å²) in [5, 5.41) is 0. The molecule has 0 atom stereocenters. The Labute approximate surface area is 37.9 Å². The zero-order valence-electron chi connectivity index (χ0n) is 1.60. The number of hydrogen-bond acceptors (Lipinski definition) is 1. The van der Waals surface area contributed by atoms with Crippen LogP contribution in [0.25, 0.3) is 0 Å². The van der Waals surface area contributed by atoms with Crippen LogP contribution in [0, 0.1) is 0 Å². The van der Waals surface area contributed by atoms with Crippen LogP contribution < -0.4 is 0 Å². The van der Waals surface area contributed by atoms with E-state index in [4.69, 9.17) is 7.51 Å². The van der Waals surface area contributed by atoms with E-state index in [1.54, 1.807) is 0 Å². The average Bonchev–Trinajstić information content (AvgIpc) is 0.918. The van der Waals surface area contributed by atoms with Gasteiger partial charge in [-0.05, 0) is 0 Å². The SMILES string of the molecule is Cl.[O]=[Rh][OH]. The summed E-state index contributed by atoms with van der Waals surface area (Å²) in [5.74, 6) is 0. The first kappa shape index (κ1) is 8.82. The van der Waals surface area contributed by atoms with Gasteiger partial charge in [0.2, 0.25) is 0 Å². The van der Waals surface area contributed by atoms with Gasteiger partial charge in [0, 0.05) is 0 Å². The van der Waals surface area contributed by atoms with Crippen molar-refractivity contribution >= 4 is 12.4 Å². The van der Waals surface area contributed by atoms with Crippen LogP contribution in [0.4, 0.5) is 0 Å². The molecule has 0 aromatic heterocycles.